The third-order valence-corrected chi connectivity index (χ3v) is 7.76. The van der Waals surface area contributed by atoms with Crippen LogP contribution >= 0.6 is 46.3 Å². The lowest BCUT2D eigenvalue weighted by Crippen LogP contribution is -2.23. The minimum absolute atomic E-state index is 0.200. The van der Waals surface area contributed by atoms with Crippen LogP contribution in [0.15, 0.2) is 89.4 Å². The fourth-order valence-electron chi connectivity index (χ4n) is 3.50. The second kappa shape index (κ2) is 11.3. The number of nitrogens with zero attached hydrogens (tertiary/aromatic N) is 4. The van der Waals surface area contributed by atoms with Crippen molar-refractivity contribution in [2.75, 3.05) is 0 Å². The molecule has 6 nitrogen and oxygen atoms in total. The molecule has 1 amide bonds. The van der Waals surface area contributed by atoms with Gasteiger partial charge in [0.05, 0.1) is 16.5 Å². The predicted octanol–water partition coefficient (Wildman–Crippen LogP) is 6.92. The fourth-order valence-corrected chi connectivity index (χ4v) is 5.65. The second-order valence-electron chi connectivity index (χ2n) is 7.68. The molecule has 3 aromatic carbocycles. The Hall–Kier alpha value is -3.17. The summed E-state index contributed by atoms with van der Waals surface area (Å²) in [6, 6.07) is 24.8. The summed E-state index contributed by atoms with van der Waals surface area (Å²) < 4.78 is 1.93. The standard InChI is InChI=1S/C26H19Cl2N5OS2/c27-18-9-6-10-19(13-18)33-24(20-11-4-5-12-21(20)28)31-32-26(33)36-16-23-30-22(15-35-23)25(34)29-14-17-7-2-1-3-8-17/h1-13,15H,14,16H2,(H,29,34). The summed E-state index contributed by atoms with van der Waals surface area (Å²) in [5.74, 6) is 0.942. The van der Waals surface area contributed by atoms with Crippen molar-refractivity contribution in [1.29, 1.82) is 0 Å². The summed E-state index contributed by atoms with van der Waals surface area (Å²) in [5, 5.41) is 16.2. The Morgan fingerprint density at radius 1 is 0.972 bits per heavy atom. The van der Waals surface area contributed by atoms with E-state index in [2.05, 4.69) is 20.5 Å². The molecule has 0 spiro atoms. The van der Waals surface area contributed by atoms with Gasteiger partial charge in [-0.1, -0.05) is 83.5 Å². The monoisotopic (exact) mass is 551 g/mol. The van der Waals surface area contributed by atoms with Crippen molar-refractivity contribution in [3.63, 3.8) is 0 Å². The minimum Gasteiger partial charge on any atom is -0.347 e. The summed E-state index contributed by atoms with van der Waals surface area (Å²) in [7, 11) is 0. The average molecular weight is 553 g/mol. The number of thiazole rings is 1. The maximum Gasteiger partial charge on any atom is 0.271 e. The molecule has 0 bridgehead atoms. The van der Waals surface area contributed by atoms with Gasteiger partial charge in [-0.15, -0.1) is 21.5 Å². The fraction of sp³-hybridized carbons (Fsp3) is 0.0769. The molecule has 36 heavy (non-hydrogen) atoms. The Morgan fingerprint density at radius 2 is 1.78 bits per heavy atom. The topological polar surface area (TPSA) is 72.7 Å². The largest absolute Gasteiger partial charge is 0.347 e. The summed E-state index contributed by atoms with van der Waals surface area (Å²) in [6.07, 6.45) is 0. The molecular formula is C26H19Cl2N5OS2. The van der Waals surface area contributed by atoms with Gasteiger partial charge in [0.2, 0.25) is 0 Å². The molecule has 10 heteroatoms. The summed E-state index contributed by atoms with van der Waals surface area (Å²) in [6.45, 7) is 0.453. The van der Waals surface area contributed by atoms with Gasteiger partial charge in [0.15, 0.2) is 11.0 Å². The SMILES string of the molecule is O=C(NCc1ccccc1)c1csc(CSc2nnc(-c3ccccc3Cl)n2-c2cccc(Cl)c2)n1. The second-order valence-corrected chi connectivity index (χ2v) is 10.4. The molecule has 0 fully saturated rings. The highest BCUT2D eigenvalue weighted by Crippen LogP contribution is 2.33. The third-order valence-electron chi connectivity index (χ3n) is 5.22. The smallest absolute Gasteiger partial charge is 0.271 e. The molecule has 0 saturated heterocycles. The Bertz CT molecular complexity index is 1500. The van der Waals surface area contributed by atoms with Crippen molar-refractivity contribution < 1.29 is 4.79 Å². The molecular weight excluding hydrogens is 533 g/mol. The first-order valence-corrected chi connectivity index (χ1v) is 13.6. The van der Waals surface area contributed by atoms with Crippen LogP contribution in [0.4, 0.5) is 0 Å². The molecule has 0 saturated carbocycles. The number of rotatable bonds is 8. The number of hydrogen-bond acceptors (Lipinski definition) is 6. The Morgan fingerprint density at radius 3 is 2.58 bits per heavy atom. The molecule has 5 aromatic rings. The lowest BCUT2D eigenvalue weighted by atomic mass is 10.2. The van der Waals surface area contributed by atoms with Crippen molar-refractivity contribution in [3.8, 4) is 17.1 Å². The molecule has 0 radical (unpaired) electrons. The molecule has 2 heterocycles. The van der Waals surface area contributed by atoms with E-state index >= 15 is 0 Å². The molecule has 5 rings (SSSR count). The molecule has 0 aliphatic rings. The highest BCUT2D eigenvalue weighted by Gasteiger charge is 2.19. The van der Waals surface area contributed by atoms with Gasteiger partial charge in [-0.05, 0) is 35.9 Å². The first-order valence-electron chi connectivity index (χ1n) is 10.9. The van der Waals surface area contributed by atoms with Gasteiger partial charge in [0, 0.05) is 22.5 Å². The lowest BCUT2D eigenvalue weighted by molar-refractivity contribution is 0.0946. The summed E-state index contributed by atoms with van der Waals surface area (Å²) in [5.41, 5.74) is 3.03. The number of benzene rings is 3. The number of nitrogens with one attached hydrogen (secondary N) is 1. The van der Waals surface area contributed by atoms with E-state index in [1.165, 1.54) is 23.1 Å². The van der Waals surface area contributed by atoms with Crippen molar-refractivity contribution in [2.45, 2.75) is 17.5 Å². The number of aromatic nitrogens is 4. The van der Waals surface area contributed by atoms with E-state index in [4.69, 9.17) is 23.2 Å². The van der Waals surface area contributed by atoms with E-state index in [0.29, 0.717) is 39.0 Å². The molecule has 0 aliphatic carbocycles. The van der Waals surface area contributed by atoms with E-state index in [-0.39, 0.29) is 5.91 Å². The highest BCUT2D eigenvalue weighted by molar-refractivity contribution is 7.98. The first kappa shape index (κ1) is 24.5. The van der Waals surface area contributed by atoms with Crippen LogP contribution in [0.1, 0.15) is 21.1 Å². The van der Waals surface area contributed by atoms with Gasteiger partial charge in [0.25, 0.3) is 5.91 Å². The van der Waals surface area contributed by atoms with Gasteiger partial charge >= 0.3 is 0 Å². The average Bonchev–Trinajstić information content (AvgIpc) is 3.54. The summed E-state index contributed by atoms with van der Waals surface area (Å²) in [4.78, 5) is 17.1. The number of carbonyl (C=O) groups is 1. The van der Waals surface area contributed by atoms with Gasteiger partial charge < -0.3 is 5.32 Å². The summed E-state index contributed by atoms with van der Waals surface area (Å²) >= 11 is 15.7. The van der Waals surface area contributed by atoms with Crippen LogP contribution < -0.4 is 5.32 Å². The number of amides is 1. The van der Waals surface area contributed by atoms with Crippen molar-refractivity contribution in [1.82, 2.24) is 25.1 Å². The van der Waals surface area contributed by atoms with E-state index in [9.17, 15) is 4.79 Å². The van der Waals surface area contributed by atoms with Crippen LogP contribution in [0.5, 0.6) is 0 Å². The molecule has 180 valence electrons. The van der Waals surface area contributed by atoms with Crippen molar-refractivity contribution in [3.05, 3.63) is 111 Å². The predicted molar refractivity (Wildman–Crippen MR) is 146 cm³/mol. The van der Waals surface area contributed by atoms with Gasteiger partial charge in [0.1, 0.15) is 10.7 Å². The zero-order valence-electron chi connectivity index (χ0n) is 18.8. The zero-order valence-corrected chi connectivity index (χ0v) is 21.9. The Balaban J connectivity index is 1.35. The zero-order chi connectivity index (χ0) is 24.9. The number of carbonyl (C=O) groups excluding carboxylic acids is 1. The van der Waals surface area contributed by atoms with Crippen LogP contribution in [0.25, 0.3) is 17.1 Å². The van der Waals surface area contributed by atoms with Crippen LogP contribution in [0, 0.1) is 0 Å². The van der Waals surface area contributed by atoms with E-state index in [1.54, 1.807) is 5.38 Å². The van der Waals surface area contributed by atoms with Crippen LogP contribution in [-0.4, -0.2) is 25.7 Å². The maximum absolute atomic E-state index is 12.5. The molecule has 0 unspecified atom stereocenters. The van der Waals surface area contributed by atoms with Crippen LogP contribution in [0.2, 0.25) is 10.0 Å². The number of hydrogen-bond donors (Lipinski definition) is 1. The lowest BCUT2D eigenvalue weighted by Gasteiger charge is -2.11. The van der Waals surface area contributed by atoms with Gasteiger partial charge in [-0.2, -0.15) is 0 Å². The maximum atomic E-state index is 12.5. The molecule has 1 N–H and O–H groups in total. The van der Waals surface area contributed by atoms with Crippen LogP contribution in [0.3, 0.4) is 0 Å². The molecule has 2 aromatic heterocycles. The minimum atomic E-state index is -0.200. The highest BCUT2D eigenvalue weighted by atomic mass is 35.5. The molecule has 0 atom stereocenters. The van der Waals surface area contributed by atoms with E-state index < -0.39 is 0 Å². The number of thioether (sulfide) groups is 1. The first-order chi connectivity index (χ1) is 17.6. The third kappa shape index (κ3) is 5.63. The van der Waals surface area contributed by atoms with Gasteiger partial charge in [-0.25, -0.2) is 4.98 Å². The van der Waals surface area contributed by atoms with E-state index in [0.717, 1.165) is 21.8 Å². The Kier molecular flexibility index (Phi) is 7.67. The van der Waals surface area contributed by atoms with Crippen molar-refractivity contribution in [2.24, 2.45) is 0 Å². The Labute approximate surface area is 226 Å². The quantitative estimate of drug-likeness (QED) is 0.212. The van der Waals surface area contributed by atoms with Crippen molar-refractivity contribution >= 4 is 52.2 Å². The van der Waals surface area contributed by atoms with Crippen LogP contribution in [-0.2, 0) is 12.3 Å². The van der Waals surface area contributed by atoms with Gasteiger partial charge in [-0.3, -0.25) is 9.36 Å². The van der Waals surface area contributed by atoms with E-state index in [1.807, 2.05) is 83.4 Å². The normalized spacial score (nSPS) is 10.9. The number of halogens is 2. The molecule has 0 aliphatic heterocycles.